The van der Waals surface area contributed by atoms with Gasteiger partial charge in [-0.2, -0.15) is 0 Å². The minimum Gasteiger partial charge on any atom is -0.455 e. The maximum absolute atomic E-state index is 6.80. The molecule has 3 nitrogen and oxygen atoms in total. The molecule has 2 aromatic heterocycles. The summed E-state index contributed by atoms with van der Waals surface area (Å²) >= 11 is 0. The van der Waals surface area contributed by atoms with Crippen molar-refractivity contribution in [3.05, 3.63) is 188 Å². The van der Waals surface area contributed by atoms with Gasteiger partial charge in [-0.05, 0) is 92.3 Å². The molecule has 0 amide bonds. The molecule has 11 aromatic rings. The zero-order valence-electron chi connectivity index (χ0n) is 28.7. The van der Waals surface area contributed by atoms with Gasteiger partial charge in [-0.3, -0.25) is 0 Å². The van der Waals surface area contributed by atoms with Crippen LogP contribution in [-0.4, -0.2) is 0 Å². The van der Waals surface area contributed by atoms with Crippen molar-refractivity contribution in [2.24, 2.45) is 0 Å². The summed E-state index contributed by atoms with van der Waals surface area (Å²) in [6, 6.07) is 66.8. The Balaban J connectivity index is 1.16. The fourth-order valence-corrected chi connectivity index (χ4v) is 8.09. The summed E-state index contributed by atoms with van der Waals surface area (Å²) in [5.41, 5.74) is 11.1. The highest BCUT2D eigenvalue weighted by Gasteiger charge is 2.25. The van der Waals surface area contributed by atoms with Crippen LogP contribution in [0.3, 0.4) is 0 Å². The average Bonchev–Trinajstić information content (AvgIpc) is 3.80. The summed E-state index contributed by atoms with van der Waals surface area (Å²) in [7, 11) is 0. The molecule has 9 aromatic carbocycles. The van der Waals surface area contributed by atoms with Crippen LogP contribution in [0.15, 0.2) is 197 Å². The van der Waals surface area contributed by atoms with E-state index in [1.165, 1.54) is 38.4 Å². The van der Waals surface area contributed by atoms with E-state index in [9.17, 15) is 0 Å². The van der Waals surface area contributed by atoms with E-state index in [4.69, 9.17) is 8.83 Å². The van der Waals surface area contributed by atoms with Gasteiger partial charge >= 0.3 is 0 Å². The number of fused-ring (bicyclic) bond motifs is 9. The maximum Gasteiger partial charge on any atom is 0.163 e. The van der Waals surface area contributed by atoms with E-state index in [-0.39, 0.29) is 0 Å². The molecule has 0 aliphatic rings. The zero-order valence-corrected chi connectivity index (χ0v) is 28.7. The second kappa shape index (κ2) is 11.7. The first-order valence-electron chi connectivity index (χ1n) is 18.0. The molecule has 248 valence electrons. The summed E-state index contributed by atoms with van der Waals surface area (Å²) in [5.74, 6) is 0. The quantitative estimate of drug-likeness (QED) is 0.182. The lowest BCUT2D eigenvalue weighted by Crippen LogP contribution is -2.10. The van der Waals surface area contributed by atoms with Crippen LogP contribution in [-0.2, 0) is 0 Å². The van der Waals surface area contributed by atoms with Crippen molar-refractivity contribution in [1.29, 1.82) is 0 Å². The van der Waals surface area contributed by atoms with Crippen LogP contribution < -0.4 is 4.90 Å². The Labute approximate surface area is 305 Å². The smallest absolute Gasteiger partial charge is 0.163 e. The highest BCUT2D eigenvalue weighted by atomic mass is 16.3. The predicted octanol–water partition coefficient (Wildman–Crippen LogP) is 14.6. The first kappa shape index (κ1) is 29.6. The van der Waals surface area contributed by atoms with E-state index in [0.717, 1.165) is 66.3 Å². The second-order valence-electron chi connectivity index (χ2n) is 13.7. The first-order chi connectivity index (χ1) is 26.3. The number of furan rings is 2. The number of para-hydroxylation sites is 2. The lowest BCUT2D eigenvalue weighted by molar-refractivity contribution is 0.663. The fraction of sp³-hybridized carbons (Fsp3) is 0. The normalized spacial score (nSPS) is 11.8. The summed E-state index contributed by atoms with van der Waals surface area (Å²) in [6.07, 6.45) is 0. The molecule has 0 saturated carbocycles. The van der Waals surface area contributed by atoms with Gasteiger partial charge in [-0.25, -0.2) is 0 Å². The molecular weight excluding hydrogens is 647 g/mol. The van der Waals surface area contributed by atoms with Gasteiger partial charge in [0.1, 0.15) is 16.7 Å². The topological polar surface area (TPSA) is 29.5 Å². The molecule has 0 spiro atoms. The highest BCUT2D eigenvalue weighted by molar-refractivity contribution is 6.25. The number of nitrogens with zero attached hydrogens (tertiary/aromatic N) is 1. The largest absolute Gasteiger partial charge is 0.455 e. The molecule has 2 heterocycles. The third-order valence-corrected chi connectivity index (χ3v) is 10.6. The standard InChI is InChI=1S/C50H31NO2/c1-2-11-32(12-3-1)35-21-22-37-30-39(28-25-36(37)29-35)51(38-26-23-34(24-27-38)41-18-10-14-33-13-4-5-15-40(33)41)45-31-44-42-16-6-8-19-46(42)52-49(44)48-43-17-7-9-20-47(43)53-50(45)48/h1-31H. The summed E-state index contributed by atoms with van der Waals surface area (Å²) in [4.78, 5) is 2.34. The Morgan fingerprint density at radius 2 is 0.962 bits per heavy atom. The van der Waals surface area contributed by atoms with E-state index < -0.39 is 0 Å². The van der Waals surface area contributed by atoms with Crippen molar-refractivity contribution in [1.82, 2.24) is 0 Å². The van der Waals surface area contributed by atoms with Crippen LogP contribution >= 0.6 is 0 Å². The van der Waals surface area contributed by atoms with Gasteiger partial charge in [0.25, 0.3) is 0 Å². The molecule has 11 rings (SSSR count). The Hall–Kier alpha value is -7.10. The number of hydrogen-bond donors (Lipinski definition) is 0. The predicted molar refractivity (Wildman–Crippen MR) is 222 cm³/mol. The highest BCUT2D eigenvalue weighted by Crippen LogP contribution is 2.48. The summed E-state index contributed by atoms with van der Waals surface area (Å²) in [6.45, 7) is 0. The SMILES string of the molecule is c1ccc(-c2ccc3cc(N(c4ccc(-c5cccc6ccccc56)cc4)c4cc5c6ccccc6oc5c5c4oc4ccccc45)ccc3c2)cc1. The monoisotopic (exact) mass is 677 g/mol. The number of benzene rings is 9. The molecule has 0 unspecified atom stereocenters. The molecule has 0 saturated heterocycles. The minimum atomic E-state index is 0.787. The Morgan fingerprint density at radius 3 is 1.81 bits per heavy atom. The number of rotatable bonds is 5. The summed E-state index contributed by atoms with van der Waals surface area (Å²) < 4.78 is 13.4. The molecular formula is C50H31NO2. The molecule has 3 heteroatoms. The lowest BCUT2D eigenvalue weighted by atomic mass is 9.97. The van der Waals surface area contributed by atoms with E-state index >= 15 is 0 Å². The number of anilines is 3. The van der Waals surface area contributed by atoms with Crippen molar-refractivity contribution >= 4 is 82.5 Å². The van der Waals surface area contributed by atoms with Crippen molar-refractivity contribution < 1.29 is 8.83 Å². The zero-order chi connectivity index (χ0) is 34.9. The van der Waals surface area contributed by atoms with Crippen molar-refractivity contribution in [3.8, 4) is 22.3 Å². The number of hydrogen-bond acceptors (Lipinski definition) is 3. The van der Waals surface area contributed by atoms with Crippen LogP contribution in [0.2, 0.25) is 0 Å². The van der Waals surface area contributed by atoms with Crippen LogP contribution in [0, 0.1) is 0 Å². The van der Waals surface area contributed by atoms with Gasteiger partial charge < -0.3 is 13.7 Å². The van der Waals surface area contributed by atoms with Gasteiger partial charge in [0, 0.05) is 27.5 Å². The molecule has 0 aliphatic carbocycles. The van der Waals surface area contributed by atoms with Crippen molar-refractivity contribution in [2.45, 2.75) is 0 Å². The van der Waals surface area contributed by atoms with E-state index in [0.29, 0.717) is 0 Å². The van der Waals surface area contributed by atoms with Crippen molar-refractivity contribution in [2.75, 3.05) is 4.90 Å². The van der Waals surface area contributed by atoms with Crippen LogP contribution in [0.5, 0.6) is 0 Å². The molecule has 53 heavy (non-hydrogen) atoms. The van der Waals surface area contributed by atoms with Gasteiger partial charge in [-0.15, -0.1) is 0 Å². The molecule has 0 aliphatic heterocycles. The average molecular weight is 678 g/mol. The lowest BCUT2D eigenvalue weighted by Gasteiger charge is -2.26. The molecule has 0 atom stereocenters. The Morgan fingerprint density at radius 1 is 0.340 bits per heavy atom. The van der Waals surface area contributed by atoms with Gasteiger partial charge in [0.15, 0.2) is 5.58 Å². The van der Waals surface area contributed by atoms with E-state index in [2.05, 4.69) is 169 Å². The van der Waals surface area contributed by atoms with E-state index in [1.54, 1.807) is 0 Å². The van der Waals surface area contributed by atoms with Gasteiger partial charge in [0.2, 0.25) is 0 Å². The Bertz CT molecular complexity index is 3160. The van der Waals surface area contributed by atoms with Crippen LogP contribution in [0.25, 0.3) is 87.7 Å². The second-order valence-corrected chi connectivity index (χ2v) is 13.7. The molecule has 0 N–H and O–H groups in total. The molecule has 0 fully saturated rings. The molecule has 0 bridgehead atoms. The minimum absolute atomic E-state index is 0.787. The van der Waals surface area contributed by atoms with Gasteiger partial charge in [-0.1, -0.05) is 140 Å². The van der Waals surface area contributed by atoms with Crippen LogP contribution in [0.1, 0.15) is 0 Å². The molecule has 0 radical (unpaired) electrons. The van der Waals surface area contributed by atoms with E-state index in [1.807, 2.05) is 24.3 Å². The van der Waals surface area contributed by atoms with Gasteiger partial charge in [0.05, 0.1) is 11.1 Å². The fourth-order valence-electron chi connectivity index (χ4n) is 8.09. The van der Waals surface area contributed by atoms with Crippen molar-refractivity contribution in [3.63, 3.8) is 0 Å². The maximum atomic E-state index is 6.80. The Kier molecular flexibility index (Phi) is 6.55. The first-order valence-corrected chi connectivity index (χ1v) is 18.0. The van der Waals surface area contributed by atoms with Crippen LogP contribution in [0.4, 0.5) is 17.1 Å². The summed E-state index contributed by atoms with van der Waals surface area (Å²) in [5, 5.41) is 8.97. The third kappa shape index (κ3) is 4.75. The third-order valence-electron chi connectivity index (χ3n) is 10.6.